The van der Waals surface area contributed by atoms with Gasteiger partial charge in [0.25, 0.3) is 0 Å². The Kier molecular flexibility index (Phi) is 6.92. The lowest BCUT2D eigenvalue weighted by atomic mass is 10.2. The summed E-state index contributed by atoms with van der Waals surface area (Å²) in [5, 5.41) is 7.33. The lowest BCUT2D eigenvalue weighted by Gasteiger charge is -2.12. The van der Waals surface area contributed by atoms with Crippen molar-refractivity contribution in [3.8, 4) is 11.5 Å². The molecule has 3 aromatic carbocycles. The number of nitrogens with one attached hydrogen (secondary N) is 2. The Morgan fingerprint density at radius 3 is 2.18 bits per heavy atom. The maximum atomic E-state index is 12.1. The Morgan fingerprint density at radius 1 is 0.857 bits per heavy atom. The van der Waals surface area contributed by atoms with Crippen LogP contribution in [-0.4, -0.2) is 6.03 Å². The van der Waals surface area contributed by atoms with E-state index in [2.05, 4.69) is 10.6 Å². The fraction of sp³-hybridized carbons (Fsp3) is 0.0500. The molecule has 28 heavy (non-hydrogen) atoms. The lowest BCUT2D eigenvalue weighted by Crippen LogP contribution is -2.28. The summed E-state index contributed by atoms with van der Waals surface area (Å²) in [6.07, 6.45) is 0. The first-order valence-electron chi connectivity index (χ1n) is 8.13. The molecular formula is C20H14Cl4N2O2. The zero-order chi connectivity index (χ0) is 20.1. The number of hydrogen-bond acceptors (Lipinski definition) is 2. The number of hydrogen-bond donors (Lipinski definition) is 2. The first-order valence-corrected chi connectivity index (χ1v) is 9.64. The van der Waals surface area contributed by atoms with Crippen LogP contribution in [0.3, 0.4) is 0 Å². The van der Waals surface area contributed by atoms with E-state index < -0.39 is 6.03 Å². The Bertz CT molecular complexity index is 974. The van der Waals surface area contributed by atoms with Crippen LogP contribution >= 0.6 is 46.4 Å². The molecule has 0 radical (unpaired) electrons. The van der Waals surface area contributed by atoms with Gasteiger partial charge in [0.15, 0.2) is 0 Å². The molecule has 0 atom stereocenters. The number of rotatable bonds is 5. The lowest BCUT2D eigenvalue weighted by molar-refractivity contribution is 0.251. The van der Waals surface area contributed by atoms with E-state index in [1.807, 2.05) is 0 Å². The molecule has 2 N–H and O–H groups in total. The predicted octanol–water partition coefficient (Wildman–Crippen LogP) is 7.41. The Hall–Kier alpha value is -2.11. The normalized spacial score (nSPS) is 10.4. The maximum absolute atomic E-state index is 12.1. The molecule has 0 aliphatic heterocycles. The van der Waals surface area contributed by atoms with Crippen molar-refractivity contribution in [2.75, 3.05) is 5.32 Å². The number of carbonyl (C=O) groups excluding carboxylic acids is 1. The molecule has 0 aliphatic rings. The number of benzene rings is 3. The number of halogens is 4. The third-order valence-corrected chi connectivity index (χ3v) is 4.97. The molecule has 144 valence electrons. The van der Waals surface area contributed by atoms with Crippen molar-refractivity contribution in [1.29, 1.82) is 0 Å². The second-order valence-electron chi connectivity index (χ2n) is 5.71. The second-order valence-corrected chi connectivity index (χ2v) is 7.37. The Labute approximate surface area is 182 Å². The van der Waals surface area contributed by atoms with Crippen molar-refractivity contribution < 1.29 is 9.53 Å². The molecule has 2 amide bonds. The van der Waals surface area contributed by atoms with Crippen LogP contribution in [0.1, 0.15) is 5.56 Å². The van der Waals surface area contributed by atoms with E-state index in [1.54, 1.807) is 60.7 Å². The van der Waals surface area contributed by atoms with Crippen molar-refractivity contribution in [2.45, 2.75) is 6.54 Å². The molecule has 0 heterocycles. The third kappa shape index (κ3) is 5.46. The molecule has 0 unspecified atom stereocenters. The van der Waals surface area contributed by atoms with Crippen LogP contribution in [0.15, 0.2) is 60.7 Å². The standard InChI is InChI=1S/C20H14Cl4N2O2/c21-12-4-7-14(8-5-12)28-19-9-6-13(10-18(19)24)26-20(27)25-11-15-16(22)2-1-3-17(15)23/h1-10H,11H2,(H2,25,26,27). The fourth-order valence-corrected chi connectivity index (χ4v) is 3.21. The van der Waals surface area contributed by atoms with Crippen molar-refractivity contribution in [3.05, 3.63) is 86.3 Å². The first-order chi connectivity index (χ1) is 13.4. The van der Waals surface area contributed by atoms with Gasteiger partial charge in [-0.05, 0) is 54.6 Å². The molecule has 3 aromatic rings. The zero-order valence-electron chi connectivity index (χ0n) is 14.3. The molecule has 0 aromatic heterocycles. The van der Waals surface area contributed by atoms with Crippen LogP contribution in [-0.2, 0) is 6.54 Å². The average Bonchev–Trinajstić information content (AvgIpc) is 2.65. The quantitative estimate of drug-likeness (QED) is 0.420. The van der Waals surface area contributed by atoms with Crippen molar-refractivity contribution >= 4 is 58.1 Å². The highest BCUT2D eigenvalue weighted by Gasteiger charge is 2.10. The highest BCUT2D eigenvalue weighted by Crippen LogP contribution is 2.32. The van der Waals surface area contributed by atoms with Crippen LogP contribution < -0.4 is 15.4 Å². The van der Waals surface area contributed by atoms with Gasteiger partial charge in [-0.15, -0.1) is 0 Å². The van der Waals surface area contributed by atoms with E-state index in [9.17, 15) is 4.79 Å². The number of amides is 2. The van der Waals surface area contributed by atoms with Crippen LogP contribution in [0, 0.1) is 0 Å². The van der Waals surface area contributed by atoms with Crippen molar-refractivity contribution in [3.63, 3.8) is 0 Å². The van der Waals surface area contributed by atoms with Gasteiger partial charge in [-0.3, -0.25) is 0 Å². The molecule has 0 aliphatic carbocycles. The number of anilines is 1. The summed E-state index contributed by atoms with van der Waals surface area (Å²) in [6.45, 7) is 0.190. The minimum Gasteiger partial charge on any atom is -0.456 e. The molecule has 4 nitrogen and oxygen atoms in total. The van der Waals surface area contributed by atoms with E-state index in [0.717, 1.165) is 0 Å². The highest BCUT2D eigenvalue weighted by molar-refractivity contribution is 6.36. The summed E-state index contributed by atoms with van der Waals surface area (Å²) in [7, 11) is 0. The molecule has 0 saturated heterocycles. The fourth-order valence-electron chi connectivity index (χ4n) is 2.34. The molecule has 8 heteroatoms. The van der Waals surface area contributed by atoms with Gasteiger partial charge in [-0.2, -0.15) is 0 Å². The summed E-state index contributed by atoms with van der Waals surface area (Å²) >= 11 is 24.3. The summed E-state index contributed by atoms with van der Waals surface area (Å²) in [5.41, 5.74) is 1.15. The first kappa shape index (κ1) is 20.6. The Morgan fingerprint density at radius 2 is 1.54 bits per heavy atom. The number of carbonyl (C=O) groups is 1. The van der Waals surface area contributed by atoms with Gasteiger partial charge in [0.1, 0.15) is 11.5 Å². The molecular weight excluding hydrogens is 442 g/mol. The van der Waals surface area contributed by atoms with E-state index in [0.29, 0.717) is 42.8 Å². The number of urea groups is 1. The summed E-state index contributed by atoms with van der Waals surface area (Å²) in [5.74, 6) is 1.05. The maximum Gasteiger partial charge on any atom is 0.319 e. The molecule has 0 fully saturated rings. The van der Waals surface area contributed by atoms with Gasteiger partial charge in [0.2, 0.25) is 0 Å². The van der Waals surface area contributed by atoms with Gasteiger partial charge in [0.05, 0.1) is 5.02 Å². The van der Waals surface area contributed by atoms with Gasteiger partial charge in [0, 0.05) is 32.9 Å². The van der Waals surface area contributed by atoms with Crippen LogP contribution in [0.2, 0.25) is 20.1 Å². The Balaban J connectivity index is 1.60. The van der Waals surface area contributed by atoms with Crippen molar-refractivity contribution in [1.82, 2.24) is 5.32 Å². The largest absolute Gasteiger partial charge is 0.456 e. The van der Waals surface area contributed by atoms with E-state index >= 15 is 0 Å². The van der Waals surface area contributed by atoms with E-state index in [1.165, 1.54) is 0 Å². The van der Waals surface area contributed by atoms with Crippen LogP contribution in [0.25, 0.3) is 0 Å². The van der Waals surface area contributed by atoms with E-state index in [-0.39, 0.29) is 6.54 Å². The molecule has 3 rings (SSSR count). The summed E-state index contributed by atoms with van der Waals surface area (Å²) in [4.78, 5) is 12.1. The monoisotopic (exact) mass is 454 g/mol. The summed E-state index contributed by atoms with van der Waals surface area (Å²) < 4.78 is 5.71. The second kappa shape index (κ2) is 9.39. The minimum absolute atomic E-state index is 0.190. The predicted molar refractivity (Wildman–Crippen MR) is 115 cm³/mol. The molecule has 0 saturated carbocycles. The SMILES string of the molecule is O=C(NCc1c(Cl)cccc1Cl)Nc1ccc(Oc2ccc(Cl)cc2)c(Cl)c1. The minimum atomic E-state index is -0.418. The van der Waals surface area contributed by atoms with Gasteiger partial charge >= 0.3 is 6.03 Å². The van der Waals surface area contributed by atoms with Crippen LogP contribution in [0.4, 0.5) is 10.5 Å². The van der Waals surface area contributed by atoms with Gasteiger partial charge in [-0.1, -0.05) is 52.5 Å². The average molecular weight is 456 g/mol. The molecule has 0 spiro atoms. The van der Waals surface area contributed by atoms with Gasteiger partial charge in [-0.25, -0.2) is 4.79 Å². The van der Waals surface area contributed by atoms with Crippen molar-refractivity contribution in [2.24, 2.45) is 0 Å². The smallest absolute Gasteiger partial charge is 0.319 e. The zero-order valence-corrected chi connectivity index (χ0v) is 17.3. The third-order valence-electron chi connectivity index (χ3n) is 3.72. The van der Waals surface area contributed by atoms with Crippen LogP contribution in [0.5, 0.6) is 11.5 Å². The number of ether oxygens (including phenoxy) is 1. The molecule has 0 bridgehead atoms. The highest BCUT2D eigenvalue weighted by atomic mass is 35.5. The van der Waals surface area contributed by atoms with Gasteiger partial charge < -0.3 is 15.4 Å². The summed E-state index contributed by atoms with van der Waals surface area (Å²) in [6, 6.07) is 16.6. The van der Waals surface area contributed by atoms with E-state index in [4.69, 9.17) is 51.1 Å². The topological polar surface area (TPSA) is 50.4 Å².